The van der Waals surface area contributed by atoms with E-state index in [1.165, 1.54) is 46.8 Å². The summed E-state index contributed by atoms with van der Waals surface area (Å²) in [6, 6.07) is 3.01. The second kappa shape index (κ2) is 10.4. The number of aromatic nitrogens is 1. The molecule has 2 amide bonds. The Kier molecular flexibility index (Phi) is 7.31. The van der Waals surface area contributed by atoms with Gasteiger partial charge in [-0.1, -0.05) is 24.2 Å². The van der Waals surface area contributed by atoms with Crippen LogP contribution in [0.2, 0.25) is 5.02 Å². The molecule has 2 saturated heterocycles. The first kappa shape index (κ1) is 28.9. The fourth-order valence-corrected chi connectivity index (χ4v) is 5.97. The van der Waals surface area contributed by atoms with Gasteiger partial charge in [-0.15, -0.1) is 13.2 Å². The SMILES string of the molecule is C=CC(=O)N1CCN2C(=O)c3c(N4CCC(OC(F)(F)F)C4(C)C)nc(-c4c(O)cccc4F)c(Cl)c3OC[C@H]2C1. The Labute approximate surface area is 237 Å². The van der Waals surface area contributed by atoms with Crippen molar-refractivity contribution in [1.82, 2.24) is 14.8 Å². The lowest BCUT2D eigenvalue weighted by atomic mass is 9.97. The molecule has 2 atom stereocenters. The second-order valence-electron chi connectivity index (χ2n) is 10.5. The highest BCUT2D eigenvalue weighted by Gasteiger charge is 2.50. The van der Waals surface area contributed by atoms with Gasteiger partial charge < -0.3 is 24.5 Å². The number of benzene rings is 1. The van der Waals surface area contributed by atoms with E-state index in [-0.39, 0.29) is 78.5 Å². The molecule has 220 valence electrons. The molecule has 9 nitrogen and oxygen atoms in total. The molecule has 14 heteroatoms. The van der Waals surface area contributed by atoms with Gasteiger partial charge in [-0.05, 0) is 38.5 Å². The number of phenolic OH excluding ortho intramolecular Hbond substituents is 1. The Morgan fingerprint density at radius 3 is 2.66 bits per heavy atom. The van der Waals surface area contributed by atoms with Crippen molar-refractivity contribution in [3.05, 3.63) is 47.3 Å². The van der Waals surface area contributed by atoms with Crippen LogP contribution < -0.4 is 9.64 Å². The third-order valence-electron chi connectivity index (χ3n) is 7.80. The fourth-order valence-electron chi connectivity index (χ4n) is 5.69. The van der Waals surface area contributed by atoms with E-state index in [0.29, 0.717) is 0 Å². The molecule has 0 radical (unpaired) electrons. The molecule has 2 aromatic rings. The fraction of sp³-hybridized carbons (Fsp3) is 0.444. The summed E-state index contributed by atoms with van der Waals surface area (Å²) in [5.41, 5.74) is -2.05. The molecule has 1 aromatic heterocycles. The lowest BCUT2D eigenvalue weighted by molar-refractivity contribution is -0.346. The molecular weight excluding hydrogens is 572 g/mol. The number of aromatic hydroxyl groups is 1. The van der Waals surface area contributed by atoms with Crippen molar-refractivity contribution >= 4 is 29.2 Å². The number of halogens is 5. The standard InChI is InChI=1S/C27H27ClF4N4O5/c1-4-18(38)34-10-11-35-14(12-34)13-40-23-20(25(35)39)24(36-9-8-17(26(36,2)3)41-27(30,31)32)33-22(21(23)28)19-15(29)6-5-7-16(19)37/h4-7,14,17,37H,1,8-13H2,2-3H3/t14-,17?/m1/s1. The summed E-state index contributed by atoms with van der Waals surface area (Å²) in [6.45, 7) is 6.96. The maximum Gasteiger partial charge on any atom is 0.522 e. The van der Waals surface area contributed by atoms with E-state index in [4.69, 9.17) is 16.3 Å². The van der Waals surface area contributed by atoms with E-state index in [0.717, 1.165) is 6.07 Å². The van der Waals surface area contributed by atoms with Gasteiger partial charge in [0, 0.05) is 26.2 Å². The molecule has 0 aliphatic carbocycles. The third kappa shape index (κ3) is 5.05. The smallest absolute Gasteiger partial charge is 0.507 e. The number of ether oxygens (including phenoxy) is 2. The molecule has 1 N–H and O–H groups in total. The van der Waals surface area contributed by atoms with Crippen molar-refractivity contribution in [1.29, 1.82) is 0 Å². The van der Waals surface area contributed by atoms with Crippen LogP contribution in [0.25, 0.3) is 11.3 Å². The topological polar surface area (TPSA) is 95.4 Å². The molecule has 41 heavy (non-hydrogen) atoms. The number of fused-ring (bicyclic) bond motifs is 2. The molecule has 2 fully saturated rings. The Balaban J connectivity index is 1.68. The number of phenols is 1. The number of alkyl halides is 3. The minimum atomic E-state index is -4.90. The zero-order valence-electron chi connectivity index (χ0n) is 22.2. The average molecular weight is 599 g/mol. The first-order chi connectivity index (χ1) is 19.2. The number of carbonyl (C=O) groups excluding carboxylic acids is 2. The van der Waals surface area contributed by atoms with Crippen molar-refractivity contribution in [3.63, 3.8) is 0 Å². The highest BCUT2D eigenvalue weighted by molar-refractivity contribution is 6.35. The van der Waals surface area contributed by atoms with Gasteiger partial charge in [0.2, 0.25) is 5.91 Å². The lowest BCUT2D eigenvalue weighted by Gasteiger charge is -2.40. The number of nitrogens with zero attached hydrogens (tertiary/aromatic N) is 4. The number of hydrogen-bond donors (Lipinski definition) is 1. The largest absolute Gasteiger partial charge is 0.522 e. The molecule has 3 aliphatic rings. The van der Waals surface area contributed by atoms with Crippen LogP contribution in [0.3, 0.4) is 0 Å². The van der Waals surface area contributed by atoms with E-state index in [1.807, 2.05) is 0 Å². The monoisotopic (exact) mass is 598 g/mol. The van der Waals surface area contributed by atoms with Gasteiger partial charge in [0.25, 0.3) is 5.91 Å². The molecule has 3 aliphatic heterocycles. The van der Waals surface area contributed by atoms with Crippen LogP contribution in [-0.2, 0) is 9.53 Å². The Bertz CT molecular complexity index is 1400. The van der Waals surface area contributed by atoms with Crippen LogP contribution in [0.4, 0.5) is 23.4 Å². The van der Waals surface area contributed by atoms with Crippen LogP contribution >= 0.6 is 11.6 Å². The predicted molar refractivity (Wildman–Crippen MR) is 140 cm³/mol. The highest BCUT2D eigenvalue weighted by Crippen LogP contribution is 2.48. The van der Waals surface area contributed by atoms with Crippen LogP contribution in [0.1, 0.15) is 30.6 Å². The van der Waals surface area contributed by atoms with Crippen LogP contribution in [0.15, 0.2) is 30.9 Å². The quantitative estimate of drug-likeness (QED) is 0.412. The van der Waals surface area contributed by atoms with Gasteiger partial charge in [0.05, 0.1) is 23.2 Å². The molecule has 0 bridgehead atoms. The lowest BCUT2D eigenvalue weighted by Crippen LogP contribution is -2.57. The van der Waals surface area contributed by atoms with E-state index >= 15 is 4.39 Å². The van der Waals surface area contributed by atoms with Crippen molar-refractivity contribution < 1.29 is 41.7 Å². The number of piperazine rings is 1. The van der Waals surface area contributed by atoms with Crippen molar-refractivity contribution in [2.45, 2.75) is 44.3 Å². The number of pyridine rings is 1. The summed E-state index contributed by atoms with van der Waals surface area (Å²) < 4.78 is 65.2. The van der Waals surface area contributed by atoms with Gasteiger partial charge in [-0.25, -0.2) is 9.37 Å². The van der Waals surface area contributed by atoms with Gasteiger partial charge in [-0.2, -0.15) is 0 Å². The third-order valence-corrected chi connectivity index (χ3v) is 8.15. The summed E-state index contributed by atoms with van der Waals surface area (Å²) in [6.07, 6.45) is -5.10. The zero-order valence-corrected chi connectivity index (χ0v) is 22.9. The molecule has 0 saturated carbocycles. The van der Waals surface area contributed by atoms with Crippen molar-refractivity contribution in [2.24, 2.45) is 0 Å². The van der Waals surface area contributed by atoms with Crippen LogP contribution in [-0.4, -0.2) is 88.5 Å². The summed E-state index contributed by atoms with van der Waals surface area (Å²) in [7, 11) is 0. The number of rotatable bonds is 4. The van der Waals surface area contributed by atoms with E-state index < -0.39 is 41.5 Å². The maximum atomic E-state index is 15.0. The van der Waals surface area contributed by atoms with E-state index in [1.54, 1.807) is 0 Å². The number of hydrogen-bond acceptors (Lipinski definition) is 7. The molecular formula is C27H27ClF4N4O5. The minimum absolute atomic E-state index is 0.00976. The van der Waals surface area contributed by atoms with E-state index in [9.17, 15) is 27.9 Å². The highest BCUT2D eigenvalue weighted by atomic mass is 35.5. The molecule has 0 spiro atoms. The normalized spacial score (nSPS) is 22.1. The number of carbonyl (C=O) groups is 2. The van der Waals surface area contributed by atoms with Crippen molar-refractivity contribution in [2.75, 3.05) is 37.7 Å². The Morgan fingerprint density at radius 1 is 1.27 bits per heavy atom. The first-order valence-electron chi connectivity index (χ1n) is 12.8. The molecule has 4 heterocycles. The van der Waals surface area contributed by atoms with Gasteiger partial charge in [-0.3, -0.25) is 14.3 Å². The van der Waals surface area contributed by atoms with Gasteiger partial charge in [0.15, 0.2) is 5.75 Å². The first-order valence-corrected chi connectivity index (χ1v) is 13.2. The minimum Gasteiger partial charge on any atom is -0.507 e. The zero-order chi connectivity index (χ0) is 29.9. The predicted octanol–water partition coefficient (Wildman–Crippen LogP) is 4.37. The van der Waals surface area contributed by atoms with Gasteiger partial charge in [0.1, 0.15) is 40.3 Å². The summed E-state index contributed by atoms with van der Waals surface area (Å²) in [5.74, 6) is -2.45. The summed E-state index contributed by atoms with van der Waals surface area (Å²) in [5, 5.41) is 10.3. The Morgan fingerprint density at radius 2 is 2.00 bits per heavy atom. The number of amides is 2. The van der Waals surface area contributed by atoms with Crippen LogP contribution in [0, 0.1) is 5.82 Å². The number of anilines is 1. The van der Waals surface area contributed by atoms with Gasteiger partial charge >= 0.3 is 6.36 Å². The molecule has 1 aromatic carbocycles. The Hall–Kier alpha value is -3.58. The summed E-state index contributed by atoms with van der Waals surface area (Å²) in [4.78, 5) is 35.4. The maximum absolute atomic E-state index is 15.0. The average Bonchev–Trinajstić information content (AvgIpc) is 3.09. The second-order valence-corrected chi connectivity index (χ2v) is 10.9. The van der Waals surface area contributed by atoms with Crippen LogP contribution in [0.5, 0.6) is 11.5 Å². The van der Waals surface area contributed by atoms with E-state index in [2.05, 4.69) is 16.3 Å². The summed E-state index contributed by atoms with van der Waals surface area (Å²) >= 11 is 6.70. The van der Waals surface area contributed by atoms with Crippen molar-refractivity contribution in [3.8, 4) is 22.8 Å². The molecule has 1 unspecified atom stereocenters. The molecule has 5 rings (SSSR count).